The van der Waals surface area contributed by atoms with Gasteiger partial charge in [-0.05, 0) is 18.2 Å². The van der Waals surface area contributed by atoms with E-state index >= 15 is 0 Å². The predicted molar refractivity (Wildman–Crippen MR) is 46.4 cm³/mol. The largest absolute Gasteiger partial charge is 0.507 e. The minimum atomic E-state index is -1.25. The Labute approximate surface area is 79.6 Å². The fraction of sp³-hybridized carbons (Fsp3) is 0.111. The van der Waals surface area contributed by atoms with E-state index in [2.05, 4.69) is 4.74 Å². The van der Waals surface area contributed by atoms with Gasteiger partial charge in [0.15, 0.2) is 0 Å². The number of benzene rings is 1. The minimum Gasteiger partial charge on any atom is -0.507 e. The molecule has 0 fully saturated rings. The van der Waals surface area contributed by atoms with Gasteiger partial charge in [0.2, 0.25) is 0 Å². The Hall–Kier alpha value is -2.04. The van der Waals surface area contributed by atoms with Crippen molar-refractivity contribution in [1.82, 2.24) is 0 Å². The van der Waals surface area contributed by atoms with Crippen molar-refractivity contribution in [2.45, 2.75) is 0 Å². The predicted octanol–water partition coefficient (Wildman–Crippen LogP) is 0.877. The third kappa shape index (κ3) is 1.82. The van der Waals surface area contributed by atoms with Crippen LogP contribution in [0.3, 0.4) is 0 Å². The van der Waals surface area contributed by atoms with Crippen molar-refractivity contribution in [3.05, 3.63) is 29.3 Å². The lowest BCUT2D eigenvalue weighted by atomic mass is 10.1. The molecule has 5 heteroatoms. The van der Waals surface area contributed by atoms with Gasteiger partial charge in [-0.3, -0.25) is 0 Å². The number of esters is 1. The first kappa shape index (κ1) is 10.0. The maximum Gasteiger partial charge on any atom is 0.339 e. The van der Waals surface area contributed by atoms with E-state index in [1.165, 1.54) is 13.2 Å². The van der Waals surface area contributed by atoms with Crippen molar-refractivity contribution in [3.8, 4) is 5.75 Å². The smallest absolute Gasteiger partial charge is 0.339 e. The Kier molecular flexibility index (Phi) is 2.71. The molecule has 74 valence electrons. The summed E-state index contributed by atoms with van der Waals surface area (Å²) in [4.78, 5) is 21.5. The quantitative estimate of drug-likeness (QED) is 0.686. The van der Waals surface area contributed by atoms with Gasteiger partial charge in [0.1, 0.15) is 11.3 Å². The van der Waals surface area contributed by atoms with Crippen LogP contribution in [0.1, 0.15) is 20.7 Å². The Bertz CT molecular complexity index is 383. The van der Waals surface area contributed by atoms with E-state index in [9.17, 15) is 14.7 Å². The van der Waals surface area contributed by atoms with E-state index in [0.717, 1.165) is 12.1 Å². The number of ether oxygens (including phenoxy) is 1. The zero-order chi connectivity index (χ0) is 10.7. The van der Waals surface area contributed by atoms with Crippen LogP contribution in [0.5, 0.6) is 5.75 Å². The molecule has 14 heavy (non-hydrogen) atoms. The molecule has 1 rings (SSSR count). The van der Waals surface area contributed by atoms with Crippen molar-refractivity contribution in [2.75, 3.05) is 7.11 Å². The van der Waals surface area contributed by atoms with Crippen molar-refractivity contribution in [2.24, 2.45) is 0 Å². The molecule has 0 aromatic heterocycles. The highest BCUT2D eigenvalue weighted by atomic mass is 16.5. The number of aromatic carboxylic acids is 1. The van der Waals surface area contributed by atoms with Gasteiger partial charge < -0.3 is 14.9 Å². The number of phenols is 1. The SMILES string of the molecule is COC(=O)c1ccc(C(=O)O)c(O)c1. The van der Waals surface area contributed by atoms with Gasteiger partial charge >= 0.3 is 11.9 Å². The van der Waals surface area contributed by atoms with Gasteiger partial charge in [-0.25, -0.2) is 9.59 Å². The monoisotopic (exact) mass is 196 g/mol. The van der Waals surface area contributed by atoms with Crippen LogP contribution < -0.4 is 0 Å². The van der Waals surface area contributed by atoms with Gasteiger partial charge in [0.05, 0.1) is 12.7 Å². The summed E-state index contributed by atoms with van der Waals surface area (Å²) in [7, 11) is 1.20. The fourth-order valence-corrected chi connectivity index (χ4v) is 0.957. The van der Waals surface area contributed by atoms with Crippen molar-refractivity contribution in [3.63, 3.8) is 0 Å². The third-order valence-corrected chi connectivity index (χ3v) is 1.65. The van der Waals surface area contributed by atoms with Crippen molar-refractivity contribution in [1.29, 1.82) is 0 Å². The fourth-order valence-electron chi connectivity index (χ4n) is 0.957. The lowest BCUT2D eigenvalue weighted by molar-refractivity contribution is 0.0597. The highest BCUT2D eigenvalue weighted by Crippen LogP contribution is 2.19. The van der Waals surface area contributed by atoms with Crippen LogP contribution in [0.2, 0.25) is 0 Å². The van der Waals surface area contributed by atoms with Gasteiger partial charge in [-0.2, -0.15) is 0 Å². The van der Waals surface area contributed by atoms with Gasteiger partial charge in [-0.15, -0.1) is 0 Å². The molecule has 0 saturated carbocycles. The van der Waals surface area contributed by atoms with Crippen LogP contribution in [-0.4, -0.2) is 29.3 Å². The molecule has 1 aromatic rings. The van der Waals surface area contributed by atoms with Gasteiger partial charge in [-0.1, -0.05) is 0 Å². The second kappa shape index (κ2) is 3.78. The van der Waals surface area contributed by atoms with Crippen molar-refractivity contribution < 1.29 is 24.5 Å². The second-order valence-corrected chi connectivity index (χ2v) is 2.53. The van der Waals surface area contributed by atoms with Crippen LogP contribution in [-0.2, 0) is 4.74 Å². The Morgan fingerprint density at radius 2 is 2.00 bits per heavy atom. The number of hydrogen-bond acceptors (Lipinski definition) is 4. The first-order chi connectivity index (χ1) is 6.56. The molecule has 0 saturated heterocycles. The van der Waals surface area contributed by atoms with Crippen molar-refractivity contribution >= 4 is 11.9 Å². The average molecular weight is 196 g/mol. The normalized spacial score (nSPS) is 9.50. The number of aromatic hydroxyl groups is 1. The molecule has 0 unspecified atom stereocenters. The number of carbonyl (C=O) groups is 2. The molecule has 2 N–H and O–H groups in total. The number of carbonyl (C=O) groups excluding carboxylic acids is 1. The summed E-state index contributed by atoms with van der Waals surface area (Å²) in [5, 5.41) is 17.8. The number of hydrogen-bond donors (Lipinski definition) is 2. The number of methoxy groups -OCH3 is 1. The third-order valence-electron chi connectivity index (χ3n) is 1.65. The van der Waals surface area contributed by atoms with E-state index in [0.29, 0.717) is 0 Å². The van der Waals surface area contributed by atoms with E-state index in [1.54, 1.807) is 0 Å². The minimum absolute atomic E-state index is 0.106. The van der Waals surface area contributed by atoms with E-state index in [-0.39, 0.29) is 11.1 Å². The molecule has 5 nitrogen and oxygen atoms in total. The molecule has 0 aliphatic carbocycles. The Balaban J connectivity index is 3.12. The van der Waals surface area contributed by atoms with E-state index < -0.39 is 17.7 Å². The molecule has 0 amide bonds. The zero-order valence-electron chi connectivity index (χ0n) is 7.35. The summed E-state index contributed by atoms with van der Waals surface area (Å²) in [6.45, 7) is 0. The van der Waals surface area contributed by atoms with E-state index in [1.807, 2.05) is 0 Å². The summed E-state index contributed by atoms with van der Waals surface area (Å²) in [5.41, 5.74) is -0.146. The van der Waals surface area contributed by atoms with Crippen LogP contribution in [0, 0.1) is 0 Å². The summed E-state index contributed by atoms with van der Waals surface area (Å²) < 4.78 is 4.39. The molecular formula is C9H8O5. The molecule has 0 aliphatic rings. The summed E-state index contributed by atoms with van der Waals surface area (Å²) in [6, 6.07) is 3.47. The standard InChI is InChI=1S/C9H8O5/c1-14-9(13)5-2-3-6(8(11)12)7(10)4-5/h2-4,10H,1H3,(H,11,12). The molecule has 0 spiro atoms. The number of carboxylic acid groups (broad SMARTS) is 1. The molecule has 0 radical (unpaired) electrons. The summed E-state index contributed by atoms with van der Waals surface area (Å²) in [6.07, 6.45) is 0. The Morgan fingerprint density at radius 3 is 2.43 bits per heavy atom. The maximum absolute atomic E-state index is 11.0. The van der Waals surface area contributed by atoms with Crippen LogP contribution in [0.15, 0.2) is 18.2 Å². The first-order valence-electron chi connectivity index (χ1n) is 3.71. The van der Waals surface area contributed by atoms with Gasteiger partial charge in [0, 0.05) is 0 Å². The van der Waals surface area contributed by atoms with Gasteiger partial charge in [0.25, 0.3) is 0 Å². The molecular weight excluding hydrogens is 188 g/mol. The molecule has 0 heterocycles. The lowest BCUT2D eigenvalue weighted by Crippen LogP contribution is -2.03. The molecule has 0 atom stereocenters. The summed E-state index contributed by atoms with van der Waals surface area (Å²) >= 11 is 0. The summed E-state index contributed by atoms with van der Waals surface area (Å²) in [5.74, 6) is -2.34. The lowest BCUT2D eigenvalue weighted by Gasteiger charge is -2.02. The van der Waals surface area contributed by atoms with E-state index in [4.69, 9.17) is 5.11 Å². The maximum atomic E-state index is 11.0. The highest BCUT2D eigenvalue weighted by Gasteiger charge is 2.12. The van der Waals surface area contributed by atoms with Crippen LogP contribution in [0.4, 0.5) is 0 Å². The number of carboxylic acids is 1. The van der Waals surface area contributed by atoms with Crippen LogP contribution in [0.25, 0.3) is 0 Å². The zero-order valence-corrected chi connectivity index (χ0v) is 7.35. The van der Waals surface area contributed by atoms with Crippen LogP contribution >= 0.6 is 0 Å². The molecule has 1 aromatic carbocycles. The Morgan fingerprint density at radius 1 is 1.36 bits per heavy atom. The molecule has 0 bridgehead atoms. The first-order valence-corrected chi connectivity index (χ1v) is 3.71. The molecule has 0 aliphatic heterocycles. The highest BCUT2D eigenvalue weighted by molar-refractivity contribution is 5.95. The second-order valence-electron chi connectivity index (χ2n) is 2.53. The average Bonchev–Trinajstić information content (AvgIpc) is 2.15. The topological polar surface area (TPSA) is 83.8 Å². The number of rotatable bonds is 2.